The first-order valence-electron chi connectivity index (χ1n) is 7.59. The van der Waals surface area contributed by atoms with Crippen LogP contribution in [0.3, 0.4) is 0 Å². The predicted octanol–water partition coefficient (Wildman–Crippen LogP) is 4.41. The number of aliphatic hydroxyl groups is 1. The average molecular weight is 250 g/mol. The molecule has 0 aromatic rings. The molecule has 0 aliphatic heterocycles. The van der Waals surface area contributed by atoms with Crippen LogP contribution in [0.2, 0.25) is 0 Å². The molecule has 2 aliphatic carbocycles. The van der Waals surface area contributed by atoms with Gasteiger partial charge in [0.05, 0.1) is 0 Å². The molecule has 0 radical (unpaired) electrons. The topological polar surface area (TPSA) is 20.2 Å². The minimum absolute atomic E-state index is 0.0852. The van der Waals surface area contributed by atoms with Crippen LogP contribution in [0.4, 0.5) is 0 Å². The van der Waals surface area contributed by atoms with Gasteiger partial charge in [0.25, 0.3) is 0 Å². The van der Waals surface area contributed by atoms with Crippen molar-refractivity contribution in [1.82, 2.24) is 0 Å². The molecular formula is C17H30O. The van der Waals surface area contributed by atoms with Crippen LogP contribution in [-0.4, -0.2) is 11.7 Å². The Hall–Kier alpha value is -0.300. The molecule has 0 bridgehead atoms. The zero-order valence-corrected chi connectivity index (χ0v) is 12.8. The van der Waals surface area contributed by atoms with Gasteiger partial charge in [-0.15, -0.1) is 0 Å². The third kappa shape index (κ3) is 1.95. The van der Waals surface area contributed by atoms with E-state index < -0.39 is 0 Å². The van der Waals surface area contributed by atoms with Gasteiger partial charge >= 0.3 is 0 Å². The molecule has 0 aromatic carbocycles. The molecule has 4 atom stereocenters. The first kappa shape index (κ1) is 14.1. The highest BCUT2D eigenvalue weighted by Gasteiger charge is 2.54. The third-order valence-corrected chi connectivity index (χ3v) is 6.11. The van der Waals surface area contributed by atoms with Gasteiger partial charge in [-0.2, -0.15) is 0 Å². The fourth-order valence-electron chi connectivity index (χ4n) is 4.79. The van der Waals surface area contributed by atoms with Gasteiger partial charge in [0.15, 0.2) is 0 Å². The molecule has 0 aromatic heterocycles. The zero-order chi connectivity index (χ0) is 13.6. The maximum Gasteiger partial charge on any atom is 0.0490 e. The molecule has 1 saturated carbocycles. The van der Waals surface area contributed by atoms with E-state index in [1.165, 1.54) is 25.7 Å². The predicted molar refractivity (Wildman–Crippen MR) is 77.3 cm³/mol. The minimum Gasteiger partial charge on any atom is -0.396 e. The molecule has 104 valence electrons. The van der Waals surface area contributed by atoms with Gasteiger partial charge in [-0.1, -0.05) is 59.6 Å². The van der Waals surface area contributed by atoms with E-state index in [9.17, 15) is 5.11 Å². The Bertz CT molecular complexity index is 344. The van der Waals surface area contributed by atoms with Gasteiger partial charge in [0.1, 0.15) is 0 Å². The number of hydrogen-bond donors (Lipinski definition) is 1. The summed E-state index contributed by atoms with van der Waals surface area (Å²) in [4.78, 5) is 0. The number of allylic oxidation sites excluding steroid dienone is 2. The Labute approximate surface area is 113 Å². The largest absolute Gasteiger partial charge is 0.396 e. The van der Waals surface area contributed by atoms with Gasteiger partial charge < -0.3 is 5.11 Å². The highest BCUT2D eigenvalue weighted by molar-refractivity contribution is 5.19. The number of rotatable bonds is 2. The van der Waals surface area contributed by atoms with Gasteiger partial charge in [-0.05, 0) is 40.9 Å². The molecule has 18 heavy (non-hydrogen) atoms. The lowest BCUT2D eigenvalue weighted by Crippen LogP contribution is -2.42. The normalized spacial score (nSPS) is 46.8. The van der Waals surface area contributed by atoms with Crippen molar-refractivity contribution in [3.63, 3.8) is 0 Å². The Morgan fingerprint density at radius 1 is 1.11 bits per heavy atom. The lowest BCUT2D eigenvalue weighted by molar-refractivity contribution is 0.00243. The van der Waals surface area contributed by atoms with Crippen molar-refractivity contribution in [1.29, 1.82) is 0 Å². The molecule has 0 spiro atoms. The molecule has 0 amide bonds. The van der Waals surface area contributed by atoms with E-state index in [2.05, 4.69) is 46.8 Å². The standard InChI is InChI=1S/C17H30O/c1-6-16(4)9-7-10-17(5,12-18)13-8-11-15(2,3)14(13)16/h8,11,13-14,18H,6-7,9-10,12H2,1-5H3/t13-,14-,16-,17-/m0/s1. The maximum atomic E-state index is 9.90. The lowest BCUT2D eigenvalue weighted by atomic mass is 9.57. The first-order valence-corrected chi connectivity index (χ1v) is 7.59. The molecule has 1 heteroatoms. The second-order valence-electron chi connectivity index (χ2n) is 7.86. The smallest absolute Gasteiger partial charge is 0.0490 e. The summed E-state index contributed by atoms with van der Waals surface area (Å²) in [6, 6.07) is 0. The summed E-state index contributed by atoms with van der Waals surface area (Å²) in [5.74, 6) is 1.22. The summed E-state index contributed by atoms with van der Waals surface area (Å²) in [5.41, 5.74) is 0.780. The molecule has 0 unspecified atom stereocenters. The summed E-state index contributed by atoms with van der Waals surface area (Å²) >= 11 is 0. The van der Waals surface area contributed by atoms with Crippen molar-refractivity contribution in [2.45, 2.75) is 60.3 Å². The maximum absolute atomic E-state index is 9.90. The summed E-state index contributed by atoms with van der Waals surface area (Å²) in [6.45, 7) is 12.2. The van der Waals surface area contributed by atoms with Gasteiger partial charge in [0, 0.05) is 6.61 Å². The van der Waals surface area contributed by atoms with Crippen LogP contribution in [-0.2, 0) is 0 Å². The summed E-state index contributed by atoms with van der Waals surface area (Å²) in [5, 5.41) is 9.90. The summed E-state index contributed by atoms with van der Waals surface area (Å²) in [7, 11) is 0. The van der Waals surface area contributed by atoms with E-state index in [-0.39, 0.29) is 10.8 Å². The molecule has 0 heterocycles. The van der Waals surface area contributed by atoms with Crippen LogP contribution in [0, 0.1) is 28.1 Å². The molecule has 1 N–H and O–H groups in total. The molecule has 1 fully saturated rings. The van der Waals surface area contributed by atoms with E-state index in [4.69, 9.17) is 0 Å². The van der Waals surface area contributed by atoms with E-state index >= 15 is 0 Å². The molecule has 2 rings (SSSR count). The number of fused-ring (bicyclic) bond motifs is 1. The highest BCUT2D eigenvalue weighted by atomic mass is 16.3. The van der Waals surface area contributed by atoms with Crippen LogP contribution >= 0.6 is 0 Å². The van der Waals surface area contributed by atoms with E-state index in [1.807, 2.05) is 0 Å². The van der Waals surface area contributed by atoms with E-state index in [0.717, 1.165) is 0 Å². The fraction of sp³-hybridized carbons (Fsp3) is 0.882. The minimum atomic E-state index is 0.0852. The fourth-order valence-corrected chi connectivity index (χ4v) is 4.79. The monoisotopic (exact) mass is 250 g/mol. The number of hydrogen-bond acceptors (Lipinski definition) is 1. The van der Waals surface area contributed by atoms with Crippen LogP contribution in [0.25, 0.3) is 0 Å². The van der Waals surface area contributed by atoms with Gasteiger partial charge in [-0.3, -0.25) is 0 Å². The van der Waals surface area contributed by atoms with Gasteiger partial charge in [-0.25, -0.2) is 0 Å². The summed E-state index contributed by atoms with van der Waals surface area (Å²) in [6.07, 6.45) is 9.82. The van der Waals surface area contributed by atoms with Crippen molar-refractivity contribution in [3.05, 3.63) is 12.2 Å². The first-order chi connectivity index (χ1) is 8.29. The van der Waals surface area contributed by atoms with Crippen LogP contribution in [0.1, 0.15) is 60.3 Å². The molecular weight excluding hydrogens is 220 g/mol. The van der Waals surface area contributed by atoms with Crippen LogP contribution in [0.5, 0.6) is 0 Å². The van der Waals surface area contributed by atoms with Gasteiger partial charge in [0.2, 0.25) is 0 Å². The second-order valence-corrected chi connectivity index (χ2v) is 7.86. The SMILES string of the molecule is CC[C@@]1(C)CCC[C@@](C)(CO)[C@H]2C=CC(C)(C)[C@H]21. The summed E-state index contributed by atoms with van der Waals surface area (Å²) < 4.78 is 0. The van der Waals surface area contributed by atoms with Crippen molar-refractivity contribution in [2.75, 3.05) is 6.61 Å². The van der Waals surface area contributed by atoms with Crippen LogP contribution < -0.4 is 0 Å². The number of aliphatic hydroxyl groups excluding tert-OH is 1. The van der Waals surface area contributed by atoms with E-state index in [1.54, 1.807) is 0 Å². The Morgan fingerprint density at radius 3 is 2.28 bits per heavy atom. The second kappa shape index (κ2) is 4.37. The lowest BCUT2D eigenvalue weighted by Gasteiger charge is -2.47. The Morgan fingerprint density at radius 2 is 1.72 bits per heavy atom. The van der Waals surface area contributed by atoms with Crippen molar-refractivity contribution < 1.29 is 5.11 Å². The van der Waals surface area contributed by atoms with Crippen molar-refractivity contribution >= 4 is 0 Å². The molecule has 0 saturated heterocycles. The quantitative estimate of drug-likeness (QED) is 0.720. The highest BCUT2D eigenvalue weighted by Crippen LogP contribution is 2.61. The Balaban J connectivity index is 2.46. The van der Waals surface area contributed by atoms with Crippen LogP contribution in [0.15, 0.2) is 12.2 Å². The third-order valence-electron chi connectivity index (χ3n) is 6.11. The van der Waals surface area contributed by atoms with Crippen molar-refractivity contribution in [2.24, 2.45) is 28.1 Å². The average Bonchev–Trinajstić information content (AvgIpc) is 2.59. The zero-order valence-electron chi connectivity index (χ0n) is 12.8. The molecule has 2 aliphatic rings. The molecule has 1 nitrogen and oxygen atoms in total. The van der Waals surface area contributed by atoms with E-state index in [0.29, 0.717) is 23.9 Å². The Kier molecular flexibility index (Phi) is 3.43. The van der Waals surface area contributed by atoms with Crippen molar-refractivity contribution in [3.8, 4) is 0 Å².